The van der Waals surface area contributed by atoms with E-state index in [0.717, 1.165) is 5.56 Å². The summed E-state index contributed by atoms with van der Waals surface area (Å²) in [5.41, 5.74) is 1.12. The summed E-state index contributed by atoms with van der Waals surface area (Å²) in [5.74, 6) is 0. The summed E-state index contributed by atoms with van der Waals surface area (Å²) >= 11 is 0. The molecule has 3 nitrogen and oxygen atoms in total. The molecule has 2 rings (SSSR count). The first-order valence-corrected chi connectivity index (χ1v) is 4.79. The molecule has 3 heteroatoms. The highest BCUT2D eigenvalue weighted by Gasteiger charge is 2.34. The Hall–Kier alpha value is -0.900. The second kappa shape index (κ2) is 4.09. The summed E-state index contributed by atoms with van der Waals surface area (Å²) in [7, 11) is 0. The van der Waals surface area contributed by atoms with Crippen LogP contribution in [0.25, 0.3) is 0 Å². The van der Waals surface area contributed by atoms with E-state index in [1.807, 2.05) is 30.3 Å². The Kier molecular flexibility index (Phi) is 2.82. The van der Waals surface area contributed by atoms with E-state index in [1.165, 1.54) is 0 Å². The number of ether oxygens (including phenoxy) is 1. The van der Waals surface area contributed by atoms with E-state index in [1.54, 1.807) is 0 Å². The first-order chi connectivity index (χ1) is 6.77. The van der Waals surface area contributed by atoms with Crippen LogP contribution < -0.4 is 0 Å². The maximum Gasteiger partial charge on any atom is 0.109 e. The van der Waals surface area contributed by atoms with Gasteiger partial charge in [0.1, 0.15) is 12.2 Å². The molecule has 0 bridgehead atoms. The Morgan fingerprint density at radius 3 is 2.50 bits per heavy atom. The molecule has 1 aromatic rings. The number of hydrogen-bond donors (Lipinski definition) is 2. The van der Waals surface area contributed by atoms with Gasteiger partial charge in [0.05, 0.1) is 12.7 Å². The molecule has 0 aliphatic carbocycles. The van der Waals surface area contributed by atoms with Gasteiger partial charge in [-0.3, -0.25) is 0 Å². The monoisotopic (exact) mass is 194 g/mol. The third-order valence-electron chi connectivity index (χ3n) is 2.54. The summed E-state index contributed by atoms with van der Waals surface area (Å²) in [4.78, 5) is 0. The zero-order chi connectivity index (χ0) is 9.97. The number of benzene rings is 1. The number of hydrogen-bond acceptors (Lipinski definition) is 3. The fourth-order valence-corrected chi connectivity index (χ4v) is 1.69. The molecule has 1 saturated heterocycles. The molecular formula is C11H14O3. The average molecular weight is 194 g/mol. The van der Waals surface area contributed by atoms with Crippen LogP contribution in [0.15, 0.2) is 30.3 Å². The van der Waals surface area contributed by atoms with Crippen LogP contribution in [0.2, 0.25) is 0 Å². The molecule has 0 spiro atoms. The zero-order valence-corrected chi connectivity index (χ0v) is 7.84. The highest BCUT2D eigenvalue weighted by Crippen LogP contribution is 2.18. The van der Waals surface area contributed by atoms with Crippen LogP contribution >= 0.6 is 0 Å². The average Bonchev–Trinajstić information content (AvgIpc) is 2.52. The van der Waals surface area contributed by atoms with E-state index in [2.05, 4.69) is 0 Å². The maximum atomic E-state index is 9.54. The van der Waals surface area contributed by atoms with Gasteiger partial charge in [-0.1, -0.05) is 30.3 Å². The van der Waals surface area contributed by atoms with Crippen LogP contribution in [0.5, 0.6) is 0 Å². The lowest BCUT2D eigenvalue weighted by molar-refractivity contribution is 0.0237. The van der Waals surface area contributed by atoms with Crippen molar-refractivity contribution in [2.24, 2.45) is 0 Å². The van der Waals surface area contributed by atoms with Gasteiger partial charge in [-0.15, -0.1) is 0 Å². The highest BCUT2D eigenvalue weighted by atomic mass is 16.5. The van der Waals surface area contributed by atoms with Crippen LogP contribution in [0, 0.1) is 0 Å². The lowest BCUT2D eigenvalue weighted by Gasteiger charge is -2.14. The van der Waals surface area contributed by atoms with Crippen molar-refractivity contribution in [1.29, 1.82) is 0 Å². The Morgan fingerprint density at radius 1 is 1.21 bits per heavy atom. The molecule has 1 fully saturated rings. The van der Waals surface area contributed by atoms with E-state index < -0.39 is 12.2 Å². The van der Waals surface area contributed by atoms with Crippen LogP contribution in [0.4, 0.5) is 0 Å². The molecule has 1 aliphatic rings. The molecule has 0 saturated carbocycles. The predicted octanol–water partition coefficient (Wildman–Crippen LogP) is 0.350. The number of aliphatic hydroxyl groups is 2. The number of rotatable bonds is 2. The fraction of sp³-hybridized carbons (Fsp3) is 0.455. The van der Waals surface area contributed by atoms with Crippen LogP contribution in [0.3, 0.4) is 0 Å². The van der Waals surface area contributed by atoms with E-state index in [0.29, 0.717) is 6.42 Å². The highest BCUT2D eigenvalue weighted by molar-refractivity contribution is 5.16. The second-order valence-electron chi connectivity index (χ2n) is 3.62. The lowest BCUT2D eigenvalue weighted by Crippen LogP contribution is -2.31. The third kappa shape index (κ3) is 1.95. The molecule has 14 heavy (non-hydrogen) atoms. The zero-order valence-electron chi connectivity index (χ0n) is 7.84. The Balaban J connectivity index is 1.99. The van der Waals surface area contributed by atoms with Crippen LogP contribution in [0.1, 0.15) is 5.56 Å². The summed E-state index contributed by atoms with van der Waals surface area (Å²) < 4.78 is 5.28. The standard InChI is InChI=1S/C11H14O3/c12-9-7-14-10(11(9)13)6-8-4-2-1-3-5-8/h1-5,9-13H,6-7H2. The van der Waals surface area contributed by atoms with Crippen molar-refractivity contribution in [3.8, 4) is 0 Å². The summed E-state index contributed by atoms with van der Waals surface area (Å²) in [5, 5.41) is 18.8. The normalized spacial score (nSPS) is 32.0. The van der Waals surface area contributed by atoms with Crippen molar-refractivity contribution >= 4 is 0 Å². The summed E-state index contributed by atoms with van der Waals surface area (Å²) in [6, 6.07) is 9.83. The molecule has 1 aromatic carbocycles. The van der Waals surface area contributed by atoms with Gasteiger partial charge < -0.3 is 14.9 Å². The van der Waals surface area contributed by atoms with Crippen molar-refractivity contribution in [3.05, 3.63) is 35.9 Å². The molecule has 3 atom stereocenters. The quantitative estimate of drug-likeness (QED) is 0.714. The smallest absolute Gasteiger partial charge is 0.109 e. The molecule has 1 aliphatic heterocycles. The molecule has 3 unspecified atom stereocenters. The van der Waals surface area contributed by atoms with E-state index >= 15 is 0 Å². The van der Waals surface area contributed by atoms with Gasteiger partial charge >= 0.3 is 0 Å². The van der Waals surface area contributed by atoms with Gasteiger partial charge in [0.15, 0.2) is 0 Å². The molecule has 76 valence electrons. The predicted molar refractivity (Wildman–Crippen MR) is 51.9 cm³/mol. The van der Waals surface area contributed by atoms with Gasteiger partial charge in [-0.25, -0.2) is 0 Å². The first kappa shape index (κ1) is 9.65. The lowest BCUT2D eigenvalue weighted by atomic mass is 10.0. The van der Waals surface area contributed by atoms with Gasteiger partial charge in [-0.2, -0.15) is 0 Å². The maximum absolute atomic E-state index is 9.54. The first-order valence-electron chi connectivity index (χ1n) is 4.79. The molecule has 0 amide bonds. The van der Waals surface area contributed by atoms with Crippen molar-refractivity contribution in [1.82, 2.24) is 0 Å². The van der Waals surface area contributed by atoms with Crippen molar-refractivity contribution in [2.75, 3.05) is 6.61 Å². The van der Waals surface area contributed by atoms with E-state index in [-0.39, 0.29) is 12.7 Å². The molecule has 1 heterocycles. The van der Waals surface area contributed by atoms with Crippen molar-refractivity contribution in [3.63, 3.8) is 0 Å². The Morgan fingerprint density at radius 2 is 1.93 bits per heavy atom. The fourth-order valence-electron chi connectivity index (χ4n) is 1.69. The minimum absolute atomic E-state index is 0.235. The molecule has 0 radical (unpaired) electrons. The minimum atomic E-state index is -0.754. The topological polar surface area (TPSA) is 49.7 Å². The summed E-state index contributed by atoms with van der Waals surface area (Å²) in [6.45, 7) is 0.235. The van der Waals surface area contributed by atoms with Gasteiger partial charge in [-0.05, 0) is 5.56 Å². The SMILES string of the molecule is OC1COC(Cc2ccccc2)C1O. The number of aliphatic hydroxyl groups excluding tert-OH is 2. The van der Waals surface area contributed by atoms with E-state index in [4.69, 9.17) is 4.74 Å². The van der Waals surface area contributed by atoms with Gasteiger partial charge in [0.2, 0.25) is 0 Å². The van der Waals surface area contributed by atoms with Crippen LogP contribution in [-0.4, -0.2) is 35.1 Å². The summed E-state index contributed by atoms with van der Waals surface area (Å²) in [6.07, 6.45) is -1.11. The Bertz CT molecular complexity index is 286. The Labute approximate surface area is 83.0 Å². The minimum Gasteiger partial charge on any atom is -0.388 e. The van der Waals surface area contributed by atoms with Gasteiger partial charge in [0, 0.05) is 6.42 Å². The van der Waals surface area contributed by atoms with Crippen LogP contribution in [-0.2, 0) is 11.2 Å². The van der Waals surface area contributed by atoms with Gasteiger partial charge in [0.25, 0.3) is 0 Å². The van der Waals surface area contributed by atoms with E-state index in [9.17, 15) is 10.2 Å². The molecular weight excluding hydrogens is 180 g/mol. The van der Waals surface area contributed by atoms with Crippen molar-refractivity contribution < 1.29 is 14.9 Å². The largest absolute Gasteiger partial charge is 0.388 e. The third-order valence-corrected chi connectivity index (χ3v) is 2.54. The second-order valence-corrected chi connectivity index (χ2v) is 3.62. The molecule has 0 aromatic heterocycles. The molecule has 2 N–H and O–H groups in total. The van der Waals surface area contributed by atoms with Crippen molar-refractivity contribution in [2.45, 2.75) is 24.7 Å².